The highest BCUT2D eigenvalue weighted by atomic mass is 32.1. The van der Waals surface area contributed by atoms with E-state index in [2.05, 4.69) is 23.4 Å². The van der Waals surface area contributed by atoms with Crippen molar-refractivity contribution in [3.8, 4) is 0 Å². The second-order valence-corrected chi connectivity index (χ2v) is 4.18. The first-order chi connectivity index (χ1) is 6.24. The minimum absolute atomic E-state index is 0.0697. The van der Waals surface area contributed by atoms with Gasteiger partial charge in [0.1, 0.15) is 0 Å². The van der Waals surface area contributed by atoms with E-state index in [1.807, 2.05) is 5.38 Å². The maximum atomic E-state index is 5.97. The van der Waals surface area contributed by atoms with Crippen LogP contribution in [0, 0.1) is 5.92 Å². The third-order valence-electron chi connectivity index (χ3n) is 2.19. The van der Waals surface area contributed by atoms with Crippen molar-refractivity contribution in [2.45, 2.75) is 39.2 Å². The van der Waals surface area contributed by atoms with E-state index in [1.165, 1.54) is 24.4 Å². The summed E-state index contributed by atoms with van der Waals surface area (Å²) >= 11 is 1.37. The first-order valence-electron chi connectivity index (χ1n) is 4.76. The van der Waals surface area contributed by atoms with E-state index in [0.717, 1.165) is 12.1 Å². The minimum Gasteiger partial charge on any atom is -0.323 e. The van der Waals surface area contributed by atoms with Gasteiger partial charge < -0.3 is 5.73 Å². The molecule has 2 N–H and O–H groups in total. The smallest absolute Gasteiger partial charge is 0.0922 e. The van der Waals surface area contributed by atoms with Crippen molar-refractivity contribution in [2.24, 2.45) is 11.7 Å². The maximum Gasteiger partial charge on any atom is 0.0922 e. The SMILES string of the molecule is CCCC(C)CC(N)c1csnn1. The van der Waals surface area contributed by atoms with E-state index in [4.69, 9.17) is 5.73 Å². The lowest BCUT2D eigenvalue weighted by Crippen LogP contribution is -2.14. The van der Waals surface area contributed by atoms with E-state index >= 15 is 0 Å². The molecular weight excluding hydrogens is 182 g/mol. The monoisotopic (exact) mass is 199 g/mol. The Hall–Kier alpha value is -0.480. The van der Waals surface area contributed by atoms with Crippen LogP contribution in [-0.2, 0) is 0 Å². The van der Waals surface area contributed by atoms with E-state index in [9.17, 15) is 0 Å². The highest BCUT2D eigenvalue weighted by Crippen LogP contribution is 2.20. The topological polar surface area (TPSA) is 51.8 Å². The Kier molecular flexibility index (Phi) is 4.32. The molecule has 0 fully saturated rings. The number of rotatable bonds is 5. The summed E-state index contributed by atoms with van der Waals surface area (Å²) in [6.45, 7) is 4.44. The van der Waals surface area contributed by atoms with E-state index < -0.39 is 0 Å². The minimum atomic E-state index is 0.0697. The van der Waals surface area contributed by atoms with Gasteiger partial charge in [-0.05, 0) is 23.9 Å². The summed E-state index contributed by atoms with van der Waals surface area (Å²) in [5.74, 6) is 0.682. The summed E-state index contributed by atoms with van der Waals surface area (Å²) in [7, 11) is 0. The molecule has 3 nitrogen and oxygen atoms in total. The molecular formula is C9H17N3S. The van der Waals surface area contributed by atoms with Gasteiger partial charge in [0.15, 0.2) is 0 Å². The third kappa shape index (κ3) is 3.40. The third-order valence-corrected chi connectivity index (χ3v) is 2.72. The van der Waals surface area contributed by atoms with Gasteiger partial charge in [0, 0.05) is 5.38 Å². The van der Waals surface area contributed by atoms with Crippen molar-refractivity contribution in [3.05, 3.63) is 11.1 Å². The molecule has 0 saturated heterocycles. The fourth-order valence-corrected chi connectivity index (χ4v) is 2.02. The quantitative estimate of drug-likeness (QED) is 0.792. The number of aromatic nitrogens is 2. The van der Waals surface area contributed by atoms with Gasteiger partial charge in [-0.3, -0.25) is 0 Å². The van der Waals surface area contributed by atoms with Gasteiger partial charge in [0.25, 0.3) is 0 Å². The highest BCUT2D eigenvalue weighted by Gasteiger charge is 2.12. The Balaban J connectivity index is 2.37. The summed E-state index contributed by atoms with van der Waals surface area (Å²) in [5, 5.41) is 5.91. The molecule has 74 valence electrons. The van der Waals surface area contributed by atoms with Gasteiger partial charge >= 0.3 is 0 Å². The zero-order chi connectivity index (χ0) is 9.68. The second kappa shape index (κ2) is 5.29. The largest absolute Gasteiger partial charge is 0.323 e. The van der Waals surface area contributed by atoms with Gasteiger partial charge in [-0.1, -0.05) is 31.2 Å². The van der Waals surface area contributed by atoms with Crippen LogP contribution in [0.25, 0.3) is 0 Å². The molecule has 1 heterocycles. The van der Waals surface area contributed by atoms with Gasteiger partial charge in [-0.25, -0.2) is 0 Å². The summed E-state index contributed by atoms with van der Waals surface area (Å²) in [6.07, 6.45) is 3.48. The van der Waals surface area contributed by atoms with Crippen molar-refractivity contribution in [3.63, 3.8) is 0 Å². The van der Waals surface area contributed by atoms with Crippen LogP contribution in [0.1, 0.15) is 44.8 Å². The predicted octanol–water partition coefficient (Wildman–Crippen LogP) is 2.36. The van der Waals surface area contributed by atoms with Crippen molar-refractivity contribution in [1.82, 2.24) is 9.59 Å². The van der Waals surface area contributed by atoms with Crippen LogP contribution in [-0.4, -0.2) is 9.59 Å². The first-order valence-corrected chi connectivity index (χ1v) is 5.60. The van der Waals surface area contributed by atoms with Crippen LogP contribution < -0.4 is 5.73 Å². The fourth-order valence-electron chi connectivity index (χ4n) is 1.50. The van der Waals surface area contributed by atoms with Gasteiger partial charge in [0.2, 0.25) is 0 Å². The molecule has 0 spiro atoms. The molecule has 0 bridgehead atoms. The maximum absolute atomic E-state index is 5.97. The zero-order valence-corrected chi connectivity index (χ0v) is 9.05. The van der Waals surface area contributed by atoms with E-state index in [1.54, 1.807) is 0 Å². The summed E-state index contributed by atoms with van der Waals surface area (Å²) in [5.41, 5.74) is 6.91. The van der Waals surface area contributed by atoms with Crippen molar-refractivity contribution < 1.29 is 0 Å². The highest BCUT2D eigenvalue weighted by molar-refractivity contribution is 7.03. The molecule has 0 aromatic carbocycles. The normalized spacial score (nSPS) is 15.6. The molecule has 0 aliphatic rings. The lowest BCUT2D eigenvalue weighted by molar-refractivity contribution is 0.435. The van der Waals surface area contributed by atoms with Crippen molar-refractivity contribution in [2.75, 3.05) is 0 Å². The Morgan fingerprint density at radius 3 is 2.92 bits per heavy atom. The predicted molar refractivity (Wildman–Crippen MR) is 55.5 cm³/mol. The number of nitrogens with two attached hydrogens (primary N) is 1. The average molecular weight is 199 g/mol. The molecule has 2 unspecified atom stereocenters. The molecule has 1 rings (SSSR count). The second-order valence-electron chi connectivity index (χ2n) is 3.57. The van der Waals surface area contributed by atoms with Crippen LogP contribution in [0.3, 0.4) is 0 Å². The van der Waals surface area contributed by atoms with Crippen LogP contribution in [0.5, 0.6) is 0 Å². The molecule has 0 amide bonds. The number of hydrogen-bond donors (Lipinski definition) is 1. The summed E-state index contributed by atoms with van der Waals surface area (Å²) in [4.78, 5) is 0. The van der Waals surface area contributed by atoms with Crippen LogP contribution in [0.15, 0.2) is 5.38 Å². The van der Waals surface area contributed by atoms with Gasteiger partial charge in [0.05, 0.1) is 11.7 Å². The Labute approximate surface area is 83.5 Å². The Morgan fingerprint density at radius 2 is 2.38 bits per heavy atom. The number of hydrogen-bond acceptors (Lipinski definition) is 4. The fraction of sp³-hybridized carbons (Fsp3) is 0.778. The van der Waals surface area contributed by atoms with Gasteiger partial charge in [-0.2, -0.15) is 0 Å². The van der Waals surface area contributed by atoms with E-state index in [0.29, 0.717) is 5.92 Å². The van der Waals surface area contributed by atoms with Crippen molar-refractivity contribution in [1.29, 1.82) is 0 Å². The molecule has 0 aliphatic heterocycles. The van der Waals surface area contributed by atoms with Crippen molar-refractivity contribution >= 4 is 11.5 Å². The lowest BCUT2D eigenvalue weighted by atomic mass is 9.96. The summed E-state index contributed by atoms with van der Waals surface area (Å²) in [6, 6.07) is 0.0697. The standard InChI is InChI=1S/C9H17N3S/c1-3-4-7(2)5-8(10)9-6-13-12-11-9/h6-8H,3-5,10H2,1-2H3. The van der Waals surface area contributed by atoms with Crippen LogP contribution in [0.4, 0.5) is 0 Å². The van der Waals surface area contributed by atoms with Crippen LogP contribution in [0.2, 0.25) is 0 Å². The van der Waals surface area contributed by atoms with Crippen LogP contribution >= 0.6 is 11.5 Å². The Bertz CT molecular complexity index is 223. The molecule has 0 saturated carbocycles. The molecule has 13 heavy (non-hydrogen) atoms. The molecule has 4 heteroatoms. The zero-order valence-electron chi connectivity index (χ0n) is 8.23. The van der Waals surface area contributed by atoms with E-state index in [-0.39, 0.29) is 6.04 Å². The number of nitrogens with zero attached hydrogens (tertiary/aromatic N) is 2. The molecule has 0 aliphatic carbocycles. The molecule has 0 radical (unpaired) electrons. The summed E-state index contributed by atoms with van der Waals surface area (Å²) < 4.78 is 3.81. The first kappa shape index (κ1) is 10.6. The Morgan fingerprint density at radius 1 is 1.62 bits per heavy atom. The molecule has 1 aromatic heterocycles. The van der Waals surface area contributed by atoms with Gasteiger partial charge in [-0.15, -0.1) is 5.10 Å². The molecule has 2 atom stereocenters. The lowest BCUT2D eigenvalue weighted by Gasteiger charge is -2.14. The molecule has 1 aromatic rings. The average Bonchev–Trinajstić information content (AvgIpc) is 2.55.